The van der Waals surface area contributed by atoms with Gasteiger partial charge in [-0.2, -0.15) is 0 Å². The molecule has 0 N–H and O–H groups in total. The molecule has 33 heavy (non-hydrogen) atoms. The van der Waals surface area contributed by atoms with Crippen molar-refractivity contribution < 1.29 is 14.3 Å². The van der Waals surface area contributed by atoms with Crippen LogP contribution in [0.4, 0.5) is 5.13 Å². The Hall–Kier alpha value is -3.10. The normalized spacial score (nSPS) is 11.0. The minimum absolute atomic E-state index is 0.153. The molecule has 2 heterocycles. The van der Waals surface area contributed by atoms with Crippen molar-refractivity contribution in [2.75, 3.05) is 24.7 Å². The number of aryl methyl sites for hydroxylation is 1. The third-order valence-electron chi connectivity index (χ3n) is 4.98. The Labute approximate surface area is 201 Å². The average Bonchev–Trinajstić information content (AvgIpc) is 3.48. The van der Waals surface area contributed by atoms with Crippen LogP contribution in [0.1, 0.15) is 30.6 Å². The maximum Gasteiger partial charge on any atom is 0.260 e. The van der Waals surface area contributed by atoms with Crippen LogP contribution in [0.25, 0.3) is 10.2 Å². The van der Waals surface area contributed by atoms with Crippen LogP contribution in [-0.2, 0) is 6.54 Å². The molecule has 0 radical (unpaired) electrons. The van der Waals surface area contributed by atoms with Crippen LogP contribution in [0.3, 0.4) is 0 Å². The molecule has 2 aromatic carbocycles. The second-order valence-corrected chi connectivity index (χ2v) is 8.64. The predicted molar refractivity (Wildman–Crippen MR) is 132 cm³/mol. The van der Waals surface area contributed by atoms with Gasteiger partial charge in [0.1, 0.15) is 5.52 Å². The molecule has 9 heteroatoms. The first-order valence-electron chi connectivity index (χ1n) is 10.8. The molecule has 4 rings (SSSR count). The van der Waals surface area contributed by atoms with Gasteiger partial charge in [-0.05, 0) is 50.6 Å². The van der Waals surface area contributed by atoms with Crippen molar-refractivity contribution in [1.29, 1.82) is 0 Å². The van der Waals surface area contributed by atoms with E-state index in [-0.39, 0.29) is 5.91 Å². The Bertz CT molecular complexity index is 1230. The molecule has 0 saturated heterocycles. The second kappa shape index (κ2) is 10.7. The van der Waals surface area contributed by atoms with Gasteiger partial charge in [0.25, 0.3) is 5.91 Å². The Morgan fingerprint density at radius 2 is 1.97 bits per heavy atom. The molecule has 0 spiro atoms. The minimum atomic E-state index is -0.153. The van der Waals surface area contributed by atoms with E-state index in [1.807, 2.05) is 36.7 Å². The van der Waals surface area contributed by atoms with E-state index < -0.39 is 0 Å². The minimum Gasteiger partial charge on any atom is -0.490 e. The average molecular weight is 485 g/mol. The summed E-state index contributed by atoms with van der Waals surface area (Å²) in [5.74, 6) is 1.02. The molecule has 4 aromatic rings. The summed E-state index contributed by atoms with van der Waals surface area (Å²) >= 11 is 7.80. The molecular weight excluding hydrogens is 460 g/mol. The van der Waals surface area contributed by atoms with Gasteiger partial charge in [-0.15, -0.1) is 0 Å². The number of anilines is 1. The zero-order valence-corrected chi connectivity index (χ0v) is 20.1. The lowest BCUT2D eigenvalue weighted by Crippen LogP contribution is -2.32. The third kappa shape index (κ3) is 5.29. The highest BCUT2D eigenvalue weighted by Gasteiger charge is 2.23. The van der Waals surface area contributed by atoms with E-state index >= 15 is 0 Å². The van der Waals surface area contributed by atoms with Crippen LogP contribution in [0.2, 0.25) is 5.02 Å². The summed E-state index contributed by atoms with van der Waals surface area (Å²) in [7, 11) is 0. The van der Waals surface area contributed by atoms with E-state index in [2.05, 4.69) is 4.98 Å². The number of hydrogen-bond donors (Lipinski definition) is 0. The first-order chi connectivity index (χ1) is 16.1. The first kappa shape index (κ1) is 23.1. The molecule has 0 aliphatic heterocycles. The fourth-order valence-electron chi connectivity index (χ4n) is 3.47. The van der Waals surface area contributed by atoms with Gasteiger partial charge < -0.3 is 14.0 Å². The van der Waals surface area contributed by atoms with E-state index in [4.69, 9.17) is 26.1 Å². The zero-order valence-electron chi connectivity index (χ0n) is 18.5. The summed E-state index contributed by atoms with van der Waals surface area (Å²) in [6, 6.07) is 10.9. The predicted octanol–water partition coefficient (Wildman–Crippen LogP) is 5.68. The molecule has 0 aliphatic carbocycles. The lowest BCUT2D eigenvalue weighted by atomic mass is 10.1. The quantitative estimate of drug-likeness (QED) is 0.289. The molecule has 1 amide bonds. The molecule has 0 fully saturated rings. The van der Waals surface area contributed by atoms with Gasteiger partial charge >= 0.3 is 0 Å². The van der Waals surface area contributed by atoms with E-state index in [1.54, 1.807) is 41.7 Å². The fourth-order valence-corrected chi connectivity index (χ4v) is 4.76. The van der Waals surface area contributed by atoms with Crippen LogP contribution in [0, 0.1) is 0 Å². The number of imidazole rings is 1. The topological polar surface area (TPSA) is 69.5 Å². The Kier molecular flexibility index (Phi) is 7.47. The zero-order chi connectivity index (χ0) is 23.2. The molecule has 0 unspecified atom stereocenters. The van der Waals surface area contributed by atoms with Crippen molar-refractivity contribution in [2.24, 2.45) is 0 Å². The Morgan fingerprint density at radius 3 is 2.70 bits per heavy atom. The van der Waals surface area contributed by atoms with Crippen LogP contribution < -0.4 is 14.4 Å². The standard InChI is InChI=1S/C24H25ClN4O3S/c1-3-31-19-10-9-17(15-20(19)32-4-2)23(30)29(13-6-12-28-14-11-26-16-28)24-27-22-18(25)7-5-8-21(22)33-24/h5,7-11,14-16H,3-4,6,12-13H2,1-2H3. The van der Waals surface area contributed by atoms with Crippen LogP contribution >= 0.6 is 22.9 Å². The molecule has 0 atom stereocenters. The van der Waals surface area contributed by atoms with Crippen molar-refractivity contribution in [3.8, 4) is 11.5 Å². The van der Waals surface area contributed by atoms with E-state index in [0.717, 1.165) is 17.7 Å². The number of halogens is 1. The molecule has 0 saturated carbocycles. The number of fused-ring (bicyclic) bond motifs is 1. The third-order valence-corrected chi connectivity index (χ3v) is 6.33. The number of aromatic nitrogens is 3. The van der Waals surface area contributed by atoms with Gasteiger partial charge in [0.15, 0.2) is 16.6 Å². The molecular formula is C24H25ClN4O3S. The number of hydrogen-bond acceptors (Lipinski definition) is 6. The number of para-hydroxylation sites is 1. The highest BCUT2D eigenvalue weighted by molar-refractivity contribution is 7.22. The Morgan fingerprint density at radius 1 is 1.15 bits per heavy atom. The van der Waals surface area contributed by atoms with Crippen molar-refractivity contribution >= 4 is 44.2 Å². The number of amides is 1. The van der Waals surface area contributed by atoms with Gasteiger partial charge in [-0.25, -0.2) is 9.97 Å². The smallest absolute Gasteiger partial charge is 0.260 e. The number of thiazole rings is 1. The number of ether oxygens (including phenoxy) is 2. The van der Waals surface area contributed by atoms with E-state index in [0.29, 0.717) is 52.5 Å². The summed E-state index contributed by atoms with van der Waals surface area (Å²) in [6.07, 6.45) is 6.16. The lowest BCUT2D eigenvalue weighted by Gasteiger charge is -2.21. The van der Waals surface area contributed by atoms with Gasteiger partial charge in [0, 0.05) is 31.0 Å². The van der Waals surface area contributed by atoms with Crippen LogP contribution in [0.15, 0.2) is 55.1 Å². The summed E-state index contributed by atoms with van der Waals surface area (Å²) in [4.78, 5) is 24.2. The summed E-state index contributed by atoms with van der Waals surface area (Å²) < 4.78 is 14.3. The fraction of sp³-hybridized carbons (Fsp3) is 0.292. The molecule has 2 aromatic heterocycles. The highest BCUT2D eigenvalue weighted by Crippen LogP contribution is 2.35. The summed E-state index contributed by atoms with van der Waals surface area (Å²) in [6.45, 7) is 6.03. The van der Waals surface area contributed by atoms with Gasteiger partial charge in [0.2, 0.25) is 0 Å². The number of carbonyl (C=O) groups is 1. The van der Waals surface area contributed by atoms with Gasteiger partial charge in [0.05, 0.1) is 29.3 Å². The molecule has 0 bridgehead atoms. The number of nitrogens with zero attached hydrogens (tertiary/aromatic N) is 4. The van der Waals surface area contributed by atoms with E-state index in [9.17, 15) is 4.79 Å². The number of rotatable bonds is 10. The Balaban J connectivity index is 1.66. The van der Waals surface area contributed by atoms with Crippen molar-refractivity contribution in [3.05, 3.63) is 65.7 Å². The largest absolute Gasteiger partial charge is 0.490 e. The SMILES string of the molecule is CCOc1ccc(C(=O)N(CCCn2ccnc2)c2nc3c(Cl)cccc3s2)cc1OCC. The van der Waals surface area contributed by atoms with Gasteiger partial charge in [-0.1, -0.05) is 29.0 Å². The second-order valence-electron chi connectivity index (χ2n) is 7.22. The van der Waals surface area contributed by atoms with Crippen molar-refractivity contribution in [2.45, 2.75) is 26.8 Å². The van der Waals surface area contributed by atoms with Crippen LogP contribution in [0.5, 0.6) is 11.5 Å². The van der Waals surface area contributed by atoms with Crippen molar-refractivity contribution in [1.82, 2.24) is 14.5 Å². The maximum atomic E-state index is 13.7. The number of benzene rings is 2. The van der Waals surface area contributed by atoms with E-state index in [1.165, 1.54) is 11.3 Å². The maximum absolute atomic E-state index is 13.7. The van der Waals surface area contributed by atoms with Gasteiger partial charge in [-0.3, -0.25) is 9.69 Å². The number of carbonyl (C=O) groups excluding carboxylic acids is 1. The first-order valence-corrected chi connectivity index (χ1v) is 12.0. The summed E-state index contributed by atoms with van der Waals surface area (Å²) in [5.41, 5.74) is 1.21. The summed E-state index contributed by atoms with van der Waals surface area (Å²) in [5, 5.41) is 1.18. The lowest BCUT2D eigenvalue weighted by molar-refractivity contribution is 0.0985. The van der Waals surface area contributed by atoms with Crippen LogP contribution in [-0.4, -0.2) is 40.2 Å². The molecule has 7 nitrogen and oxygen atoms in total. The van der Waals surface area contributed by atoms with Crippen molar-refractivity contribution in [3.63, 3.8) is 0 Å². The molecule has 0 aliphatic rings. The molecule has 172 valence electrons. The monoisotopic (exact) mass is 484 g/mol. The highest BCUT2D eigenvalue weighted by atomic mass is 35.5.